The average Bonchev–Trinajstić information content (AvgIpc) is 2.35. The predicted molar refractivity (Wildman–Crippen MR) is 71.7 cm³/mol. The molecule has 0 unspecified atom stereocenters. The van der Waals surface area contributed by atoms with Gasteiger partial charge < -0.3 is 5.32 Å². The topological polar surface area (TPSA) is 24.9 Å². The molecule has 2 nitrogen and oxygen atoms in total. The lowest BCUT2D eigenvalue weighted by Gasteiger charge is -2.06. The molecular weight excluding hydrogens is 227 g/mol. The Labute approximate surface area is 107 Å². The van der Waals surface area contributed by atoms with E-state index in [2.05, 4.69) is 17.2 Å². The largest absolute Gasteiger partial charge is 0.313 e. The summed E-state index contributed by atoms with van der Waals surface area (Å²) >= 11 is 0. The molecule has 1 N–H and O–H groups in total. The third-order valence-electron chi connectivity index (χ3n) is 2.75. The van der Waals surface area contributed by atoms with E-state index in [4.69, 9.17) is 0 Å². The fourth-order valence-electron chi connectivity index (χ4n) is 1.91. The molecule has 0 bridgehead atoms. The second-order valence-electron chi connectivity index (χ2n) is 4.38. The van der Waals surface area contributed by atoms with Gasteiger partial charge in [0.25, 0.3) is 0 Å². The number of nitrogens with one attached hydrogen (secondary N) is 1. The van der Waals surface area contributed by atoms with E-state index in [1.807, 2.05) is 25.3 Å². The van der Waals surface area contributed by atoms with E-state index in [9.17, 15) is 4.39 Å². The molecule has 0 amide bonds. The number of halogens is 1. The first-order valence-corrected chi connectivity index (χ1v) is 6.11. The van der Waals surface area contributed by atoms with Gasteiger partial charge in [0.2, 0.25) is 0 Å². The van der Waals surface area contributed by atoms with Gasteiger partial charge in [0.05, 0.1) is 0 Å². The standard InChI is InChI=1S/C15H17FN2/c1-3-17-8-12-6-14(10-18-9-12)13-4-11(2)5-15(16)7-13/h4-7,9-10,17H,3,8H2,1-2H3. The summed E-state index contributed by atoms with van der Waals surface area (Å²) < 4.78 is 13.4. The monoisotopic (exact) mass is 244 g/mol. The van der Waals surface area contributed by atoms with E-state index in [0.717, 1.165) is 35.3 Å². The van der Waals surface area contributed by atoms with Gasteiger partial charge in [-0.2, -0.15) is 0 Å². The van der Waals surface area contributed by atoms with Crippen LogP contribution in [0, 0.1) is 12.7 Å². The summed E-state index contributed by atoms with van der Waals surface area (Å²) in [5.74, 6) is -0.206. The third kappa shape index (κ3) is 3.14. The number of rotatable bonds is 4. The van der Waals surface area contributed by atoms with Crippen molar-refractivity contribution >= 4 is 0 Å². The molecule has 3 heteroatoms. The normalized spacial score (nSPS) is 10.6. The second-order valence-corrected chi connectivity index (χ2v) is 4.38. The fraction of sp³-hybridized carbons (Fsp3) is 0.267. The van der Waals surface area contributed by atoms with Crippen molar-refractivity contribution in [1.82, 2.24) is 10.3 Å². The second kappa shape index (κ2) is 5.74. The van der Waals surface area contributed by atoms with Crippen LogP contribution in [-0.2, 0) is 6.54 Å². The Morgan fingerprint density at radius 1 is 1.11 bits per heavy atom. The highest BCUT2D eigenvalue weighted by Crippen LogP contribution is 2.22. The van der Waals surface area contributed by atoms with Crippen LogP contribution in [0.1, 0.15) is 18.1 Å². The van der Waals surface area contributed by atoms with E-state index in [-0.39, 0.29) is 5.82 Å². The van der Waals surface area contributed by atoms with Gasteiger partial charge in [-0.1, -0.05) is 13.0 Å². The smallest absolute Gasteiger partial charge is 0.124 e. The van der Waals surface area contributed by atoms with Gasteiger partial charge in [-0.05, 0) is 48.4 Å². The minimum atomic E-state index is -0.206. The Morgan fingerprint density at radius 2 is 1.94 bits per heavy atom. The van der Waals surface area contributed by atoms with Crippen molar-refractivity contribution in [1.29, 1.82) is 0 Å². The zero-order chi connectivity index (χ0) is 13.0. The van der Waals surface area contributed by atoms with Gasteiger partial charge in [-0.3, -0.25) is 4.98 Å². The molecular formula is C15H17FN2. The van der Waals surface area contributed by atoms with E-state index < -0.39 is 0 Å². The van der Waals surface area contributed by atoms with Crippen molar-refractivity contribution < 1.29 is 4.39 Å². The molecule has 1 aromatic heterocycles. The van der Waals surface area contributed by atoms with Crippen LogP contribution in [0.15, 0.2) is 36.7 Å². The SMILES string of the molecule is CCNCc1cncc(-c2cc(C)cc(F)c2)c1. The molecule has 1 heterocycles. The molecule has 0 aliphatic carbocycles. The first kappa shape index (κ1) is 12.7. The number of benzene rings is 1. The molecule has 2 aromatic rings. The Balaban J connectivity index is 2.32. The summed E-state index contributed by atoms with van der Waals surface area (Å²) in [5, 5.41) is 3.25. The lowest BCUT2D eigenvalue weighted by Crippen LogP contribution is -2.11. The van der Waals surface area contributed by atoms with Crippen molar-refractivity contribution in [3.05, 3.63) is 53.6 Å². The lowest BCUT2D eigenvalue weighted by atomic mass is 10.0. The summed E-state index contributed by atoms with van der Waals surface area (Å²) in [7, 11) is 0. The molecule has 0 spiro atoms. The number of aryl methyl sites for hydroxylation is 1. The van der Waals surface area contributed by atoms with E-state index in [1.165, 1.54) is 6.07 Å². The van der Waals surface area contributed by atoms with E-state index in [1.54, 1.807) is 12.3 Å². The van der Waals surface area contributed by atoms with Crippen molar-refractivity contribution in [2.75, 3.05) is 6.54 Å². The maximum atomic E-state index is 13.4. The molecule has 1 aromatic carbocycles. The predicted octanol–water partition coefficient (Wildman–Crippen LogP) is 3.31. The quantitative estimate of drug-likeness (QED) is 0.892. The van der Waals surface area contributed by atoms with Crippen LogP contribution in [0.3, 0.4) is 0 Å². The molecule has 18 heavy (non-hydrogen) atoms. The molecule has 0 aliphatic rings. The zero-order valence-corrected chi connectivity index (χ0v) is 10.7. The van der Waals surface area contributed by atoms with Crippen molar-refractivity contribution in [2.24, 2.45) is 0 Å². The molecule has 0 radical (unpaired) electrons. The molecule has 0 fully saturated rings. The minimum absolute atomic E-state index is 0.206. The number of hydrogen-bond acceptors (Lipinski definition) is 2. The third-order valence-corrected chi connectivity index (χ3v) is 2.75. The highest BCUT2D eigenvalue weighted by atomic mass is 19.1. The van der Waals surface area contributed by atoms with Gasteiger partial charge in [-0.25, -0.2) is 4.39 Å². The van der Waals surface area contributed by atoms with Gasteiger partial charge in [-0.15, -0.1) is 0 Å². The Hall–Kier alpha value is -1.74. The van der Waals surface area contributed by atoms with Gasteiger partial charge >= 0.3 is 0 Å². The lowest BCUT2D eigenvalue weighted by molar-refractivity contribution is 0.627. The van der Waals surface area contributed by atoms with Crippen molar-refractivity contribution in [3.63, 3.8) is 0 Å². The molecule has 0 aliphatic heterocycles. The maximum Gasteiger partial charge on any atom is 0.124 e. The number of pyridine rings is 1. The van der Waals surface area contributed by atoms with Crippen LogP contribution in [0.4, 0.5) is 4.39 Å². The van der Waals surface area contributed by atoms with Crippen LogP contribution in [0.25, 0.3) is 11.1 Å². The fourth-order valence-corrected chi connectivity index (χ4v) is 1.91. The van der Waals surface area contributed by atoms with Gasteiger partial charge in [0, 0.05) is 24.5 Å². The number of aromatic nitrogens is 1. The molecule has 0 atom stereocenters. The van der Waals surface area contributed by atoms with Crippen LogP contribution in [0.5, 0.6) is 0 Å². The average molecular weight is 244 g/mol. The van der Waals surface area contributed by atoms with Gasteiger partial charge in [0.15, 0.2) is 0 Å². The molecule has 2 rings (SSSR count). The van der Waals surface area contributed by atoms with Crippen molar-refractivity contribution in [2.45, 2.75) is 20.4 Å². The maximum absolute atomic E-state index is 13.4. The summed E-state index contributed by atoms with van der Waals surface area (Å²) in [6.07, 6.45) is 3.60. The Morgan fingerprint density at radius 3 is 2.67 bits per heavy atom. The van der Waals surface area contributed by atoms with Crippen LogP contribution in [0.2, 0.25) is 0 Å². The van der Waals surface area contributed by atoms with Crippen LogP contribution < -0.4 is 5.32 Å². The highest BCUT2D eigenvalue weighted by Gasteiger charge is 2.03. The zero-order valence-electron chi connectivity index (χ0n) is 10.7. The summed E-state index contributed by atoms with van der Waals surface area (Å²) in [6.45, 7) is 5.66. The molecule has 0 saturated carbocycles. The summed E-state index contributed by atoms with van der Waals surface area (Å²) in [4.78, 5) is 4.21. The number of hydrogen-bond donors (Lipinski definition) is 1. The summed E-state index contributed by atoms with van der Waals surface area (Å²) in [5.41, 5.74) is 3.85. The Bertz CT molecular complexity index is 518. The first-order chi connectivity index (χ1) is 8.69. The first-order valence-electron chi connectivity index (χ1n) is 6.11. The van der Waals surface area contributed by atoms with Gasteiger partial charge in [0.1, 0.15) is 5.82 Å². The Kier molecular flexibility index (Phi) is 4.05. The molecule has 94 valence electrons. The summed E-state index contributed by atoms with van der Waals surface area (Å²) in [6, 6.07) is 7.08. The number of nitrogens with zero attached hydrogens (tertiary/aromatic N) is 1. The van der Waals surface area contributed by atoms with Crippen LogP contribution >= 0.6 is 0 Å². The van der Waals surface area contributed by atoms with E-state index >= 15 is 0 Å². The van der Waals surface area contributed by atoms with Crippen LogP contribution in [-0.4, -0.2) is 11.5 Å². The minimum Gasteiger partial charge on any atom is -0.313 e. The van der Waals surface area contributed by atoms with Crippen molar-refractivity contribution in [3.8, 4) is 11.1 Å². The highest BCUT2D eigenvalue weighted by molar-refractivity contribution is 5.63. The van der Waals surface area contributed by atoms with E-state index in [0.29, 0.717) is 0 Å². The molecule has 0 saturated heterocycles.